The molecule has 1 aromatic heterocycles. The van der Waals surface area contributed by atoms with Gasteiger partial charge >= 0.3 is 7.59 Å². The highest BCUT2D eigenvalue weighted by molar-refractivity contribution is 9.10. The molecule has 6 nitrogen and oxygen atoms in total. The molecule has 0 atom stereocenters. The summed E-state index contributed by atoms with van der Waals surface area (Å²) in [7, 11) is -3.55. The van der Waals surface area contributed by atoms with Gasteiger partial charge in [-0.1, -0.05) is 0 Å². The number of carbonyl (C=O) groups is 1. The van der Waals surface area contributed by atoms with Crippen molar-refractivity contribution in [3.05, 3.63) is 22.6 Å². The van der Waals surface area contributed by atoms with Gasteiger partial charge in [0.1, 0.15) is 0 Å². The molecule has 0 spiro atoms. The molecule has 5 N–H and O–H groups in total. The molecule has 0 saturated heterocycles. The van der Waals surface area contributed by atoms with Crippen molar-refractivity contribution < 1.29 is 13.8 Å². The molecule has 13 heavy (non-hydrogen) atoms. The van der Waals surface area contributed by atoms with Crippen LogP contribution in [-0.2, 0) is 4.57 Å². The first-order chi connectivity index (χ1) is 5.88. The molecule has 0 unspecified atom stereocenters. The van der Waals surface area contributed by atoms with E-state index in [9.17, 15) is 9.36 Å². The fourth-order valence-electron chi connectivity index (χ4n) is 0.650. The van der Waals surface area contributed by atoms with Crippen LogP contribution in [0.2, 0.25) is 0 Å². The number of halogens is 1. The summed E-state index contributed by atoms with van der Waals surface area (Å²) in [6, 6.07) is 2.92. The van der Waals surface area contributed by atoms with Gasteiger partial charge in [-0.25, -0.2) is 0 Å². The van der Waals surface area contributed by atoms with Crippen LogP contribution >= 0.6 is 23.5 Å². The van der Waals surface area contributed by atoms with Gasteiger partial charge in [-0.15, -0.1) is 0 Å². The standard InChI is InChI=1S/C5H7BrN3O3P/c6-4-2-1-3(12-4)5(10)9-13(7,8)11/h1-2H,(H5,7,8,9,10,11). The Morgan fingerprint density at radius 3 is 2.54 bits per heavy atom. The average molecular weight is 268 g/mol. The largest absolute Gasteiger partial charge is 0.444 e. The molecule has 0 bridgehead atoms. The number of hydrogen-bond donors (Lipinski definition) is 3. The minimum Gasteiger partial charge on any atom is -0.444 e. The summed E-state index contributed by atoms with van der Waals surface area (Å²) in [5.41, 5.74) is 9.86. The molecular weight excluding hydrogens is 261 g/mol. The summed E-state index contributed by atoms with van der Waals surface area (Å²) >= 11 is 3.00. The smallest absolute Gasteiger partial charge is 0.300 e. The molecule has 0 aliphatic heterocycles. The van der Waals surface area contributed by atoms with Crippen LogP contribution in [0.5, 0.6) is 0 Å². The van der Waals surface area contributed by atoms with Crippen molar-refractivity contribution in [3.8, 4) is 0 Å². The molecular formula is C5H7BrN3O3P. The number of nitrogens with two attached hydrogens (primary N) is 2. The van der Waals surface area contributed by atoms with Gasteiger partial charge in [-0.2, -0.15) is 0 Å². The Labute approximate surface area is 82.3 Å². The van der Waals surface area contributed by atoms with E-state index in [1.54, 1.807) is 0 Å². The molecule has 0 radical (unpaired) electrons. The monoisotopic (exact) mass is 267 g/mol. The maximum atomic E-state index is 11.1. The van der Waals surface area contributed by atoms with Crippen LogP contribution in [0.15, 0.2) is 21.2 Å². The summed E-state index contributed by atoms with van der Waals surface area (Å²) in [5.74, 6) is -0.720. The highest BCUT2D eigenvalue weighted by Gasteiger charge is 2.17. The average Bonchev–Trinajstić information content (AvgIpc) is 2.31. The van der Waals surface area contributed by atoms with E-state index in [4.69, 9.17) is 15.4 Å². The zero-order valence-electron chi connectivity index (χ0n) is 6.36. The quantitative estimate of drug-likeness (QED) is 0.687. The van der Waals surface area contributed by atoms with E-state index in [0.717, 1.165) is 0 Å². The van der Waals surface area contributed by atoms with Crippen LogP contribution in [0.25, 0.3) is 0 Å². The minimum absolute atomic E-state index is 0.0111. The van der Waals surface area contributed by atoms with Crippen molar-refractivity contribution in [3.63, 3.8) is 0 Å². The Kier molecular flexibility index (Phi) is 2.92. The van der Waals surface area contributed by atoms with Crippen molar-refractivity contribution >= 4 is 29.4 Å². The number of furan rings is 1. The van der Waals surface area contributed by atoms with E-state index in [1.807, 2.05) is 5.09 Å². The van der Waals surface area contributed by atoms with Crippen LogP contribution < -0.4 is 16.1 Å². The molecule has 1 amide bonds. The second-order valence-corrected chi connectivity index (χ2v) is 4.68. The van der Waals surface area contributed by atoms with E-state index >= 15 is 0 Å². The molecule has 1 aromatic rings. The Morgan fingerprint density at radius 2 is 2.15 bits per heavy atom. The van der Waals surface area contributed by atoms with E-state index in [-0.39, 0.29) is 5.76 Å². The second kappa shape index (κ2) is 3.63. The van der Waals surface area contributed by atoms with Gasteiger partial charge < -0.3 is 4.42 Å². The first-order valence-electron chi connectivity index (χ1n) is 3.13. The van der Waals surface area contributed by atoms with Gasteiger partial charge in [-0.05, 0) is 28.1 Å². The lowest BCUT2D eigenvalue weighted by Crippen LogP contribution is -2.28. The number of amides is 1. The topological polar surface area (TPSA) is 111 Å². The number of nitrogens with one attached hydrogen (secondary N) is 1. The summed E-state index contributed by atoms with van der Waals surface area (Å²) in [6.45, 7) is 0. The molecule has 0 aliphatic carbocycles. The first-order valence-corrected chi connectivity index (χ1v) is 5.77. The van der Waals surface area contributed by atoms with Gasteiger partial charge in [0.05, 0.1) is 0 Å². The van der Waals surface area contributed by atoms with Crippen LogP contribution in [-0.4, -0.2) is 5.91 Å². The van der Waals surface area contributed by atoms with E-state index < -0.39 is 13.5 Å². The van der Waals surface area contributed by atoms with Gasteiger partial charge in [0, 0.05) is 0 Å². The van der Waals surface area contributed by atoms with Crippen LogP contribution in [0.1, 0.15) is 10.6 Å². The molecule has 0 saturated carbocycles. The van der Waals surface area contributed by atoms with Crippen molar-refractivity contribution in [1.29, 1.82) is 0 Å². The highest BCUT2D eigenvalue weighted by atomic mass is 79.9. The summed E-state index contributed by atoms with van der Waals surface area (Å²) < 4.78 is 16.0. The van der Waals surface area contributed by atoms with Crippen molar-refractivity contribution in [2.75, 3.05) is 0 Å². The molecule has 8 heteroatoms. The molecule has 0 aromatic carbocycles. The predicted molar refractivity (Wildman–Crippen MR) is 49.9 cm³/mol. The number of hydrogen-bond acceptors (Lipinski definition) is 3. The maximum Gasteiger partial charge on any atom is 0.300 e. The zero-order chi connectivity index (χ0) is 10.1. The van der Waals surface area contributed by atoms with Crippen LogP contribution in [0.4, 0.5) is 0 Å². The minimum atomic E-state index is -3.55. The lowest BCUT2D eigenvalue weighted by Gasteiger charge is -2.05. The highest BCUT2D eigenvalue weighted by Crippen LogP contribution is 2.20. The number of carbonyl (C=O) groups excluding carboxylic acids is 1. The van der Waals surface area contributed by atoms with Crippen molar-refractivity contribution in [1.82, 2.24) is 5.09 Å². The van der Waals surface area contributed by atoms with Gasteiger partial charge in [0.2, 0.25) is 0 Å². The van der Waals surface area contributed by atoms with Crippen molar-refractivity contribution in [2.45, 2.75) is 0 Å². The molecule has 1 rings (SSSR count). The number of rotatable bonds is 2. The molecule has 0 fully saturated rings. The van der Waals surface area contributed by atoms with Gasteiger partial charge in [0.15, 0.2) is 10.4 Å². The van der Waals surface area contributed by atoms with E-state index in [1.165, 1.54) is 12.1 Å². The first kappa shape index (κ1) is 10.5. The summed E-state index contributed by atoms with van der Waals surface area (Å²) in [4.78, 5) is 11.1. The predicted octanol–water partition coefficient (Wildman–Crippen LogP) is 0.797. The van der Waals surface area contributed by atoms with Crippen LogP contribution in [0, 0.1) is 0 Å². The third-order valence-electron chi connectivity index (χ3n) is 1.07. The SMILES string of the molecule is NP(N)(=O)NC(=O)c1ccc(Br)o1. The second-order valence-electron chi connectivity index (χ2n) is 2.25. The van der Waals surface area contributed by atoms with E-state index in [2.05, 4.69) is 15.9 Å². The normalized spacial score (nSPS) is 11.3. The van der Waals surface area contributed by atoms with Gasteiger partial charge in [0.25, 0.3) is 5.91 Å². The lowest BCUT2D eigenvalue weighted by molar-refractivity contribution is 0.0952. The van der Waals surface area contributed by atoms with Crippen LogP contribution in [0.3, 0.4) is 0 Å². The Morgan fingerprint density at radius 1 is 1.54 bits per heavy atom. The Balaban J connectivity index is 2.75. The summed E-state index contributed by atoms with van der Waals surface area (Å²) in [5, 5.41) is 1.91. The third-order valence-corrected chi connectivity index (χ3v) is 2.05. The van der Waals surface area contributed by atoms with E-state index in [0.29, 0.717) is 4.67 Å². The lowest BCUT2D eigenvalue weighted by atomic mass is 10.4. The van der Waals surface area contributed by atoms with Gasteiger partial charge in [-0.3, -0.25) is 25.5 Å². The molecule has 1 heterocycles. The third kappa shape index (κ3) is 3.31. The Bertz CT molecular complexity index is 371. The maximum absolute atomic E-state index is 11.1. The zero-order valence-corrected chi connectivity index (χ0v) is 8.84. The fraction of sp³-hybridized carbons (Fsp3) is 0. The summed E-state index contributed by atoms with van der Waals surface area (Å²) in [6.07, 6.45) is 0. The molecule has 72 valence electrons. The Hall–Kier alpha value is -0.620. The van der Waals surface area contributed by atoms with Crippen molar-refractivity contribution in [2.24, 2.45) is 11.0 Å². The fourth-order valence-corrected chi connectivity index (χ4v) is 1.38. The molecule has 0 aliphatic rings.